The van der Waals surface area contributed by atoms with Crippen LogP contribution >= 0.6 is 11.5 Å². The minimum absolute atomic E-state index is 0.225. The van der Waals surface area contributed by atoms with Gasteiger partial charge in [-0.15, -0.1) is 5.10 Å². The zero-order valence-corrected chi connectivity index (χ0v) is 15.6. The van der Waals surface area contributed by atoms with E-state index in [1.54, 1.807) is 5.38 Å². The van der Waals surface area contributed by atoms with Gasteiger partial charge in [0.05, 0.1) is 30.7 Å². The Morgan fingerprint density at radius 2 is 2.04 bits per heavy atom. The number of amides is 2. The molecule has 140 valence electrons. The normalized spacial score (nSPS) is 29.9. The lowest BCUT2D eigenvalue weighted by Gasteiger charge is -2.32. The van der Waals surface area contributed by atoms with Gasteiger partial charge >= 0.3 is 5.97 Å². The fourth-order valence-electron chi connectivity index (χ4n) is 4.23. The summed E-state index contributed by atoms with van der Waals surface area (Å²) in [6.45, 7) is 0. The van der Waals surface area contributed by atoms with Crippen LogP contribution in [0.2, 0.25) is 0 Å². The minimum Gasteiger partial charge on any atom is -0.468 e. The number of methoxy groups -OCH3 is 1. The van der Waals surface area contributed by atoms with Gasteiger partial charge in [0.2, 0.25) is 11.8 Å². The summed E-state index contributed by atoms with van der Waals surface area (Å²) < 4.78 is 8.95. The molecule has 1 N–H and O–H groups in total. The van der Waals surface area contributed by atoms with Crippen LogP contribution in [-0.4, -0.2) is 52.0 Å². The van der Waals surface area contributed by atoms with E-state index in [9.17, 15) is 14.4 Å². The van der Waals surface area contributed by atoms with Gasteiger partial charge in [-0.1, -0.05) is 34.8 Å². The third-order valence-electron chi connectivity index (χ3n) is 5.45. The van der Waals surface area contributed by atoms with E-state index in [1.165, 1.54) is 14.2 Å². The number of carbonyl (C=O) groups excluding carboxylic acids is 3. The Labute approximate surface area is 159 Å². The molecule has 2 aliphatic heterocycles. The molecule has 4 rings (SSSR count). The Bertz CT molecular complexity index is 888. The maximum Gasteiger partial charge on any atom is 0.327 e. The third kappa shape index (κ3) is 2.57. The number of likely N-dealkylation sites (tertiary alicyclic amines) is 1. The molecule has 1 aromatic carbocycles. The summed E-state index contributed by atoms with van der Waals surface area (Å²) in [5.41, 5.74) is 0.0540. The second-order valence-corrected chi connectivity index (χ2v) is 7.43. The number of esters is 1. The Morgan fingerprint density at radius 1 is 1.30 bits per heavy atom. The number of fused-ring (bicyclic) bond motifs is 1. The number of nitrogens with zero attached hydrogens (tertiary/aromatic N) is 3. The van der Waals surface area contributed by atoms with Crippen molar-refractivity contribution in [2.24, 2.45) is 11.8 Å². The van der Waals surface area contributed by atoms with Crippen LogP contribution in [0, 0.1) is 11.8 Å². The van der Waals surface area contributed by atoms with Crippen molar-refractivity contribution >= 4 is 29.3 Å². The van der Waals surface area contributed by atoms with E-state index in [2.05, 4.69) is 14.9 Å². The molecule has 0 radical (unpaired) electrons. The van der Waals surface area contributed by atoms with E-state index in [1.807, 2.05) is 30.3 Å². The zero-order chi connectivity index (χ0) is 19.2. The Hall–Kier alpha value is -2.65. The summed E-state index contributed by atoms with van der Waals surface area (Å²) in [5.74, 6) is -2.87. The first-order valence-electron chi connectivity index (χ1n) is 8.48. The fourth-order valence-corrected chi connectivity index (χ4v) is 4.72. The molecule has 2 saturated heterocycles. The first kappa shape index (κ1) is 17.7. The highest BCUT2D eigenvalue weighted by atomic mass is 32.1. The van der Waals surface area contributed by atoms with Crippen LogP contribution < -0.4 is 5.32 Å². The Morgan fingerprint density at radius 3 is 2.67 bits per heavy atom. The standard InChI is InChI=1S/C18H18N4O4S/c1-22-15(23)12-13(16(22)24)18(17(25)26-2,8-10-6-4-3-5-7-10)19-14(12)11-9-27-21-20-11/h3-7,9,12-14,19H,8H2,1-2H3/t12-,13-,14-,18-/m0/s1. The van der Waals surface area contributed by atoms with Gasteiger partial charge in [0, 0.05) is 18.8 Å². The van der Waals surface area contributed by atoms with Crippen LogP contribution in [0.3, 0.4) is 0 Å². The van der Waals surface area contributed by atoms with Crippen molar-refractivity contribution in [3.8, 4) is 0 Å². The van der Waals surface area contributed by atoms with Gasteiger partial charge in [-0.25, -0.2) is 0 Å². The maximum absolute atomic E-state index is 13.0. The van der Waals surface area contributed by atoms with Crippen LogP contribution in [0.4, 0.5) is 0 Å². The first-order valence-corrected chi connectivity index (χ1v) is 9.31. The highest BCUT2D eigenvalue weighted by Gasteiger charge is 2.68. The smallest absolute Gasteiger partial charge is 0.327 e. The molecule has 0 bridgehead atoms. The van der Waals surface area contributed by atoms with Crippen molar-refractivity contribution < 1.29 is 19.1 Å². The number of hydrogen-bond donors (Lipinski definition) is 1. The second kappa shape index (κ2) is 6.50. The number of imide groups is 1. The lowest BCUT2D eigenvalue weighted by Crippen LogP contribution is -2.57. The number of nitrogens with one attached hydrogen (secondary N) is 1. The van der Waals surface area contributed by atoms with Crippen molar-refractivity contribution in [2.75, 3.05) is 14.2 Å². The van der Waals surface area contributed by atoms with E-state index in [0.717, 1.165) is 22.0 Å². The number of aromatic nitrogens is 2. The predicted molar refractivity (Wildman–Crippen MR) is 95.4 cm³/mol. The largest absolute Gasteiger partial charge is 0.468 e. The average Bonchev–Trinajstić information content (AvgIpc) is 3.37. The molecule has 0 aliphatic carbocycles. The summed E-state index contributed by atoms with van der Waals surface area (Å²) in [4.78, 5) is 39.8. The molecule has 27 heavy (non-hydrogen) atoms. The highest BCUT2D eigenvalue weighted by molar-refractivity contribution is 7.03. The van der Waals surface area contributed by atoms with Gasteiger partial charge in [0.1, 0.15) is 5.54 Å². The van der Waals surface area contributed by atoms with E-state index in [-0.39, 0.29) is 18.2 Å². The molecule has 9 heteroatoms. The number of rotatable bonds is 4. The van der Waals surface area contributed by atoms with Gasteiger partial charge in [-0.05, 0) is 17.1 Å². The monoisotopic (exact) mass is 386 g/mol. The average molecular weight is 386 g/mol. The van der Waals surface area contributed by atoms with Crippen LogP contribution in [0.5, 0.6) is 0 Å². The van der Waals surface area contributed by atoms with Crippen molar-refractivity contribution in [1.29, 1.82) is 0 Å². The maximum atomic E-state index is 13.0. The summed E-state index contributed by atoms with van der Waals surface area (Å²) in [5, 5.41) is 9.05. The second-order valence-electron chi connectivity index (χ2n) is 6.82. The zero-order valence-electron chi connectivity index (χ0n) is 14.8. The molecule has 3 heterocycles. The lowest BCUT2D eigenvalue weighted by molar-refractivity contribution is -0.153. The van der Waals surface area contributed by atoms with Crippen molar-refractivity contribution in [3.05, 3.63) is 47.0 Å². The molecule has 0 saturated carbocycles. The topological polar surface area (TPSA) is 101 Å². The van der Waals surface area contributed by atoms with Gasteiger partial charge in [-0.2, -0.15) is 0 Å². The van der Waals surface area contributed by atoms with Crippen LogP contribution in [-0.2, 0) is 25.5 Å². The molecule has 2 fully saturated rings. The molecular weight excluding hydrogens is 368 g/mol. The van der Waals surface area contributed by atoms with Crippen molar-refractivity contribution in [2.45, 2.75) is 18.0 Å². The van der Waals surface area contributed by atoms with E-state index in [4.69, 9.17) is 4.74 Å². The van der Waals surface area contributed by atoms with Gasteiger partial charge in [0.15, 0.2) is 0 Å². The fraction of sp³-hybridized carbons (Fsp3) is 0.389. The molecule has 0 spiro atoms. The molecule has 8 nitrogen and oxygen atoms in total. The van der Waals surface area contributed by atoms with Crippen molar-refractivity contribution in [3.63, 3.8) is 0 Å². The number of benzene rings is 1. The Balaban J connectivity index is 1.85. The van der Waals surface area contributed by atoms with Crippen LogP contribution in [0.25, 0.3) is 0 Å². The first-order chi connectivity index (χ1) is 13.0. The summed E-state index contributed by atoms with van der Waals surface area (Å²) in [6, 6.07) is 8.78. The molecule has 2 aromatic rings. The predicted octanol–water partition coefficient (Wildman–Crippen LogP) is 0.568. The third-order valence-corrected chi connectivity index (χ3v) is 5.97. The quantitative estimate of drug-likeness (QED) is 0.605. The molecule has 1 aromatic heterocycles. The van der Waals surface area contributed by atoms with Gasteiger partial charge in [-0.3, -0.25) is 24.6 Å². The molecule has 2 aliphatic rings. The number of ether oxygens (including phenoxy) is 1. The van der Waals surface area contributed by atoms with E-state index < -0.39 is 29.4 Å². The van der Waals surface area contributed by atoms with Crippen molar-refractivity contribution in [1.82, 2.24) is 19.8 Å². The lowest BCUT2D eigenvalue weighted by atomic mass is 9.76. The molecule has 4 atom stereocenters. The summed E-state index contributed by atoms with van der Waals surface area (Å²) >= 11 is 1.15. The van der Waals surface area contributed by atoms with Crippen LogP contribution in [0.15, 0.2) is 35.7 Å². The summed E-state index contributed by atoms with van der Waals surface area (Å²) in [7, 11) is 2.73. The van der Waals surface area contributed by atoms with Gasteiger partial charge in [0.25, 0.3) is 0 Å². The molecule has 0 unspecified atom stereocenters. The van der Waals surface area contributed by atoms with Gasteiger partial charge < -0.3 is 4.74 Å². The highest BCUT2D eigenvalue weighted by Crippen LogP contribution is 2.49. The minimum atomic E-state index is -1.35. The summed E-state index contributed by atoms with van der Waals surface area (Å²) in [6.07, 6.45) is 0.225. The SMILES string of the molecule is COC(=O)[C@@]1(Cc2ccccc2)N[C@@H](c2csnn2)[C@H]2C(=O)N(C)C(=O)[C@H]21. The molecular formula is C18H18N4O4S. The van der Waals surface area contributed by atoms with E-state index in [0.29, 0.717) is 5.69 Å². The number of carbonyl (C=O) groups is 3. The van der Waals surface area contributed by atoms with Crippen LogP contribution in [0.1, 0.15) is 17.3 Å². The Kier molecular flexibility index (Phi) is 4.27. The molecule has 2 amide bonds. The van der Waals surface area contributed by atoms with E-state index >= 15 is 0 Å². The number of hydrogen-bond acceptors (Lipinski definition) is 8.